The number of rotatable bonds is 5. The molecule has 0 aliphatic carbocycles. The number of carbonyl (C=O) groups is 1. The van der Waals surface area contributed by atoms with Crippen molar-refractivity contribution < 1.29 is 4.79 Å². The third kappa shape index (κ3) is 4.76. The Kier molecular flexibility index (Phi) is 5.36. The molecule has 142 valence electrons. The first-order valence-corrected chi connectivity index (χ1v) is 9.57. The molecule has 3 aromatic rings. The van der Waals surface area contributed by atoms with Gasteiger partial charge in [-0.1, -0.05) is 58.0 Å². The summed E-state index contributed by atoms with van der Waals surface area (Å²) < 4.78 is 1.96. The average Bonchev–Trinajstić information content (AvgIpc) is 2.91. The topological polar surface area (TPSA) is 46.4 Å². The molecule has 0 aliphatic rings. The van der Waals surface area contributed by atoms with E-state index >= 15 is 0 Å². The van der Waals surface area contributed by atoms with E-state index in [0.29, 0.717) is 12.3 Å². The molecule has 4 nitrogen and oxygen atoms in total. The van der Waals surface area contributed by atoms with Crippen molar-refractivity contribution in [2.24, 2.45) is 11.3 Å². The van der Waals surface area contributed by atoms with Crippen molar-refractivity contribution in [3.05, 3.63) is 54.2 Å². The molecule has 2 aromatic heterocycles. The summed E-state index contributed by atoms with van der Waals surface area (Å²) in [7, 11) is 0. The quantitative estimate of drug-likeness (QED) is 0.631. The molecule has 1 N–H and O–H groups in total. The Hall–Kier alpha value is -2.62. The number of nitrogens with one attached hydrogen (secondary N) is 1. The minimum Gasteiger partial charge on any atom is -0.310 e. The largest absolute Gasteiger partial charge is 0.310 e. The molecule has 0 saturated heterocycles. The van der Waals surface area contributed by atoms with E-state index in [-0.39, 0.29) is 11.3 Å². The van der Waals surface area contributed by atoms with Crippen molar-refractivity contribution in [2.75, 3.05) is 5.32 Å². The summed E-state index contributed by atoms with van der Waals surface area (Å²) in [5.74, 6) is 1.10. The normalized spacial score (nSPS) is 12.9. The van der Waals surface area contributed by atoms with E-state index < -0.39 is 0 Å². The minimum absolute atomic E-state index is 0.0336. The minimum atomic E-state index is 0.0336. The van der Waals surface area contributed by atoms with Gasteiger partial charge in [-0.2, -0.15) is 0 Å². The number of fused-ring (bicyclic) bond motifs is 1. The highest BCUT2D eigenvalue weighted by Crippen LogP contribution is 2.30. The first-order valence-electron chi connectivity index (χ1n) is 9.57. The lowest BCUT2D eigenvalue weighted by atomic mass is 9.84. The Morgan fingerprint density at radius 3 is 2.56 bits per heavy atom. The molecule has 1 atom stereocenters. The van der Waals surface area contributed by atoms with Crippen LogP contribution < -0.4 is 5.32 Å². The highest BCUT2D eigenvalue weighted by atomic mass is 16.1. The van der Waals surface area contributed by atoms with E-state index in [9.17, 15) is 4.79 Å². The van der Waals surface area contributed by atoms with Crippen LogP contribution in [-0.4, -0.2) is 15.3 Å². The van der Waals surface area contributed by atoms with Crippen LogP contribution in [0.2, 0.25) is 0 Å². The van der Waals surface area contributed by atoms with Crippen LogP contribution in [0.3, 0.4) is 0 Å². The van der Waals surface area contributed by atoms with Crippen molar-refractivity contribution in [2.45, 2.75) is 47.5 Å². The average molecular weight is 364 g/mol. The number of amides is 1. The lowest BCUT2D eigenvalue weighted by Gasteiger charge is -2.22. The standard InChI is InChI=1S/C23H29N3O/c1-16-11-12-26-19(13-16)24-21(18-9-7-6-8-10-18)22(26)25-20(27)14-17(2)15-23(3,4)5/h6-13,17H,14-15H2,1-5H3,(H,25,27). The number of aromatic nitrogens is 2. The monoisotopic (exact) mass is 363 g/mol. The lowest BCUT2D eigenvalue weighted by Crippen LogP contribution is -2.19. The molecule has 1 amide bonds. The number of nitrogens with zero attached hydrogens (tertiary/aromatic N) is 2. The predicted molar refractivity (Wildman–Crippen MR) is 112 cm³/mol. The first-order chi connectivity index (χ1) is 12.7. The van der Waals surface area contributed by atoms with Crippen molar-refractivity contribution in [1.29, 1.82) is 0 Å². The van der Waals surface area contributed by atoms with Gasteiger partial charge in [0.2, 0.25) is 5.91 Å². The summed E-state index contributed by atoms with van der Waals surface area (Å²) >= 11 is 0. The van der Waals surface area contributed by atoms with Crippen molar-refractivity contribution in [3.8, 4) is 11.3 Å². The summed E-state index contributed by atoms with van der Waals surface area (Å²) in [5.41, 5.74) is 4.00. The highest BCUT2D eigenvalue weighted by Gasteiger charge is 2.20. The molecule has 0 fully saturated rings. The SMILES string of the molecule is Cc1ccn2c(NC(=O)CC(C)CC(C)(C)C)c(-c3ccccc3)nc2c1. The number of pyridine rings is 1. The van der Waals surface area contributed by atoms with E-state index in [2.05, 4.69) is 33.0 Å². The molecular formula is C23H29N3O. The number of carbonyl (C=O) groups excluding carboxylic acids is 1. The van der Waals surface area contributed by atoms with Crippen LogP contribution in [0.1, 0.15) is 46.1 Å². The van der Waals surface area contributed by atoms with Crippen molar-refractivity contribution >= 4 is 17.4 Å². The number of benzene rings is 1. The van der Waals surface area contributed by atoms with Gasteiger partial charge in [0.15, 0.2) is 0 Å². The summed E-state index contributed by atoms with van der Waals surface area (Å²) in [6, 6.07) is 14.1. The molecule has 4 heteroatoms. The Morgan fingerprint density at radius 1 is 1.19 bits per heavy atom. The number of aryl methyl sites for hydroxylation is 1. The first kappa shape index (κ1) is 19.2. The second-order valence-electron chi connectivity index (χ2n) is 8.73. The lowest BCUT2D eigenvalue weighted by molar-refractivity contribution is -0.117. The fraction of sp³-hybridized carbons (Fsp3) is 0.391. The van der Waals surface area contributed by atoms with Gasteiger partial charge in [0, 0.05) is 18.2 Å². The zero-order valence-electron chi connectivity index (χ0n) is 16.9. The van der Waals surface area contributed by atoms with E-state index in [1.54, 1.807) is 0 Å². The Labute approximate surface area is 161 Å². The molecule has 0 saturated carbocycles. The Bertz CT molecular complexity index is 935. The van der Waals surface area contributed by atoms with Crippen molar-refractivity contribution in [3.63, 3.8) is 0 Å². The molecule has 2 heterocycles. The molecule has 3 rings (SSSR count). The number of hydrogen-bond acceptors (Lipinski definition) is 2. The maximum absolute atomic E-state index is 12.7. The van der Waals surface area contributed by atoms with E-state index in [1.165, 1.54) is 0 Å². The van der Waals surface area contributed by atoms with Gasteiger partial charge in [-0.15, -0.1) is 0 Å². The number of hydrogen-bond donors (Lipinski definition) is 1. The fourth-order valence-electron chi connectivity index (χ4n) is 3.68. The molecule has 0 bridgehead atoms. The smallest absolute Gasteiger partial charge is 0.225 e. The number of imidazole rings is 1. The van der Waals surface area contributed by atoms with Crippen LogP contribution in [0.25, 0.3) is 16.9 Å². The Morgan fingerprint density at radius 2 is 1.89 bits per heavy atom. The predicted octanol–water partition coefficient (Wildman–Crippen LogP) is 5.71. The Balaban J connectivity index is 1.92. The number of anilines is 1. The molecule has 0 aliphatic heterocycles. The summed E-state index contributed by atoms with van der Waals surface area (Å²) in [6.45, 7) is 10.8. The summed E-state index contributed by atoms with van der Waals surface area (Å²) in [5, 5.41) is 3.13. The molecule has 1 unspecified atom stereocenters. The van der Waals surface area contributed by atoms with Crippen LogP contribution in [-0.2, 0) is 4.79 Å². The van der Waals surface area contributed by atoms with Crippen LogP contribution in [0, 0.1) is 18.3 Å². The zero-order valence-corrected chi connectivity index (χ0v) is 16.9. The van der Waals surface area contributed by atoms with Gasteiger partial charge in [0.25, 0.3) is 0 Å². The molecule has 0 spiro atoms. The summed E-state index contributed by atoms with van der Waals surface area (Å²) in [6.07, 6.45) is 3.49. The van der Waals surface area contributed by atoms with Gasteiger partial charge in [-0.25, -0.2) is 4.98 Å². The van der Waals surface area contributed by atoms with Gasteiger partial charge in [-0.3, -0.25) is 9.20 Å². The van der Waals surface area contributed by atoms with Crippen LogP contribution in [0.4, 0.5) is 5.82 Å². The molecular weight excluding hydrogens is 334 g/mol. The maximum atomic E-state index is 12.7. The summed E-state index contributed by atoms with van der Waals surface area (Å²) in [4.78, 5) is 17.5. The highest BCUT2D eigenvalue weighted by molar-refractivity contribution is 5.94. The third-order valence-electron chi connectivity index (χ3n) is 4.58. The van der Waals surface area contributed by atoms with Crippen LogP contribution >= 0.6 is 0 Å². The third-order valence-corrected chi connectivity index (χ3v) is 4.58. The zero-order chi connectivity index (χ0) is 19.6. The van der Waals surface area contributed by atoms with Crippen molar-refractivity contribution in [1.82, 2.24) is 9.38 Å². The van der Waals surface area contributed by atoms with Gasteiger partial charge in [-0.05, 0) is 42.4 Å². The van der Waals surface area contributed by atoms with Gasteiger partial charge >= 0.3 is 0 Å². The molecule has 0 radical (unpaired) electrons. The van der Waals surface area contributed by atoms with E-state index in [0.717, 1.165) is 34.7 Å². The maximum Gasteiger partial charge on any atom is 0.225 e. The molecule has 27 heavy (non-hydrogen) atoms. The second kappa shape index (κ2) is 7.55. The van der Waals surface area contributed by atoms with Gasteiger partial charge in [0.05, 0.1) is 0 Å². The van der Waals surface area contributed by atoms with Gasteiger partial charge < -0.3 is 5.32 Å². The van der Waals surface area contributed by atoms with Crippen LogP contribution in [0.5, 0.6) is 0 Å². The second-order valence-corrected chi connectivity index (χ2v) is 8.73. The van der Waals surface area contributed by atoms with Crippen LogP contribution in [0.15, 0.2) is 48.7 Å². The van der Waals surface area contributed by atoms with E-state index in [4.69, 9.17) is 4.98 Å². The van der Waals surface area contributed by atoms with Gasteiger partial charge in [0.1, 0.15) is 17.2 Å². The van der Waals surface area contributed by atoms with E-state index in [1.807, 2.05) is 60.0 Å². The molecule has 1 aromatic carbocycles. The fourth-order valence-corrected chi connectivity index (χ4v) is 3.68.